The van der Waals surface area contributed by atoms with Gasteiger partial charge in [0.2, 0.25) is 0 Å². The quantitative estimate of drug-likeness (QED) is 0.534. The topological polar surface area (TPSA) is 41.5 Å². The Kier molecular flexibility index (Phi) is 2.65. The summed E-state index contributed by atoms with van der Waals surface area (Å²) in [5.41, 5.74) is -0.212. The summed E-state index contributed by atoms with van der Waals surface area (Å²) in [6.07, 6.45) is 1.04. The van der Waals surface area contributed by atoms with Gasteiger partial charge in [0.25, 0.3) is 0 Å². The van der Waals surface area contributed by atoms with E-state index in [1.54, 1.807) is 0 Å². The number of nitrogens with one attached hydrogen (secondary N) is 1. The van der Waals surface area contributed by atoms with Crippen molar-refractivity contribution in [3.63, 3.8) is 0 Å². The van der Waals surface area contributed by atoms with E-state index in [0.717, 1.165) is 19.6 Å². The molecular weight excluding hydrogens is 130 g/mol. The van der Waals surface area contributed by atoms with E-state index in [2.05, 4.69) is 5.32 Å². The molecule has 3 nitrogen and oxygen atoms in total. The lowest BCUT2D eigenvalue weighted by molar-refractivity contribution is 0.0661. The van der Waals surface area contributed by atoms with Crippen molar-refractivity contribution in [1.29, 1.82) is 0 Å². The Morgan fingerprint density at radius 1 is 1.70 bits per heavy atom. The van der Waals surface area contributed by atoms with Crippen LogP contribution in [0.25, 0.3) is 0 Å². The highest BCUT2D eigenvalue weighted by molar-refractivity contribution is 4.83. The van der Waals surface area contributed by atoms with Crippen LogP contribution in [0.2, 0.25) is 0 Å². The van der Waals surface area contributed by atoms with Crippen LogP contribution in [0.15, 0.2) is 0 Å². The predicted octanol–water partition coefficient (Wildman–Crippen LogP) is -0.253. The fraction of sp³-hybridized carbons (Fsp3) is 1.00. The van der Waals surface area contributed by atoms with Gasteiger partial charge in [0.15, 0.2) is 0 Å². The Balaban J connectivity index is 2.41. The second-order valence-electron chi connectivity index (χ2n) is 3.05. The Labute approximate surface area is 61.4 Å². The van der Waals surface area contributed by atoms with Crippen LogP contribution in [0, 0.1) is 0 Å². The lowest BCUT2D eigenvalue weighted by atomic mass is 10.1. The van der Waals surface area contributed by atoms with Crippen molar-refractivity contribution in [2.75, 3.05) is 26.4 Å². The summed E-state index contributed by atoms with van der Waals surface area (Å²) < 4.78 is 5.28. The van der Waals surface area contributed by atoms with Gasteiger partial charge in [-0.1, -0.05) is 0 Å². The average Bonchev–Trinajstić information content (AvgIpc) is 2.15. The predicted molar refractivity (Wildman–Crippen MR) is 38.9 cm³/mol. The molecular formula is C7H15NO2. The van der Waals surface area contributed by atoms with Crippen molar-refractivity contribution >= 4 is 0 Å². The van der Waals surface area contributed by atoms with Gasteiger partial charge in [0.1, 0.15) is 0 Å². The summed E-state index contributed by atoms with van der Waals surface area (Å²) in [4.78, 5) is 0. The van der Waals surface area contributed by atoms with Gasteiger partial charge in [-0.2, -0.15) is 0 Å². The van der Waals surface area contributed by atoms with Gasteiger partial charge in [0, 0.05) is 6.61 Å². The summed E-state index contributed by atoms with van der Waals surface area (Å²) in [7, 11) is 0. The van der Waals surface area contributed by atoms with Crippen molar-refractivity contribution < 1.29 is 9.84 Å². The molecule has 1 atom stereocenters. The molecule has 2 N–H and O–H groups in total. The van der Waals surface area contributed by atoms with E-state index in [9.17, 15) is 0 Å². The summed E-state index contributed by atoms with van der Waals surface area (Å²) >= 11 is 0. The minimum Gasteiger partial charge on any atom is -0.394 e. The fourth-order valence-corrected chi connectivity index (χ4v) is 1.01. The van der Waals surface area contributed by atoms with Crippen LogP contribution in [0.4, 0.5) is 0 Å². The van der Waals surface area contributed by atoms with Gasteiger partial charge >= 0.3 is 0 Å². The van der Waals surface area contributed by atoms with Crippen LogP contribution in [-0.2, 0) is 4.74 Å². The van der Waals surface area contributed by atoms with Crippen molar-refractivity contribution in [2.24, 2.45) is 0 Å². The third-order valence-corrected chi connectivity index (χ3v) is 1.79. The van der Waals surface area contributed by atoms with Crippen LogP contribution in [0.3, 0.4) is 0 Å². The maximum Gasteiger partial charge on any atom is 0.0668 e. The molecule has 3 heteroatoms. The Hall–Kier alpha value is -0.120. The Morgan fingerprint density at radius 3 is 3.20 bits per heavy atom. The highest BCUT2D eigenvalue weighted by atomic mass is 16.5. The third-order valence-electron chi connectivity index (χ3n) is 1.79. The van der Waals surface area contributed by atoms with E-state index >= 15 is 0 Å². The summed E-state index contributed by atoms with van der Waals surface area (Å²) in [5, 5.41) is 12.2. The van der Waals surface area contributed by atoms with E-state index in [0.29, 0.717) is 6.61 Å². The van der Waals surface area contributed by atoms with Crippen molar-refractivity contribution in [1.82, 2.24) is 5.32 Å². The maximum atomic E-state index is 8.93. The zero-order valence-electron chi connectivity index (χ0n) is 6.39. The van der Waals surface area contributed by atoms with Crippen LogP contribution in [-0.4, -0.2) is 37.0 Å². The number of aliphatic hydroxyl groups excluding tert-OH is 1. The molecule has 0 bridgehead atoms. The van der Waals surface area contributed by atoms with E-state index < -0.39 is 0 Å². The molecule has 1 heterocycles. The summed E-state index contributed by atoms with van der Waals surface area (Å²) in [6, 6.07) is 0. The van der Waals surface area contributed by atoms with E-state index in [-0.39, 0.29) is 12.1 Å². The minimum atomic E-state index is -0.212. The number of hydrogen-bond acceptors (Lipinski definition) is 3. The molecule has 60 valence electrons. The Morgan fingerprint density at radius 2 is 2.50 bits per heavy atom. The van der Waals surface area contributed by atoms with Crippen LogP contribution in [0.5, 0.6) is 0 Å². The van der Waals surface area contributed by atoms with Crippen LogP contribution in [0.1, 0.15) is 13.3 Å². The van der Waals surface area contributed by atoms with E-state index in [1.807, 2.05) is 6.92 Å². The zero-order valence-corrected chi connectivity index (χ0v) is 6.39. The molecule has 0 saturated carbocycles. The summed E-state index contributed by atoms with van der Waals surface area (Å²) in [5.74, 6) is 0. The number of hydrogen-bond donors (Lipinski definition) is 2. The number of ether oxygens (including phenoxy) is 1. The van der Waals surface area contributed by atoms with Gasteiger partial charge in [-0.3, -0.25) is 0 Å². The number of aliphatic hydroxyl groups is 1. The molecule has 1 aliphatic heterocycles. The Bertz CT molecular complexity index is 97.8. The normalized spacial score (nSPS) is 35.4. The van der Waals surface area contributed by atoms with Gasteiger partial charge in [-0.05, 0) is 19.9 Å². The maximum absolute atomic E-state index is 8.93. The second-order valence-corrected chi connectivity index (χ2v) is 3.05. The monoisotopic (exact) mass is 145 g/mol. The first-order valence-corrected chi connectivity index (χ1v) is 3.70. The fourth-order valence-electron chi connectivity index (χ4n) is 1.01. The highest BCUT2D eigenvalue weighted by Crippen LogP contribution is 2.06. The number of rotatable bonds is 1. The zero-order chi connectivity index (χ0) is 7.45. The van der Waals surface area contributed by atoms with Gasteiger partial charge < -0.3 is 15.2 Å². The van der Waals surface area contributed by atoms with Crippen LogP contribution < -0.4 is 5.32 Å². The van der Waals surface area contributed by atoms with Crippen molar-refractivity contribution in [3.8, 4) is 0 Å². The lowest BCUT2D eigenvalue weighted by Gasteiger charge is -2.25. The lowest BCUT2D eigenvalue weighted by Crippen LogP contribution is -2.48. The molecule has 0 aliphatic carbocycles. The van der Waals surface area contributed by atoms with E-state index in [4.69, 9.17) is 9.84 Å². The molecule has 0 aromatic heterocycles. The first-order chi connectivity index (χ1) is 4.77. The summed E-state index contributed by atoms with van der Waals surface area (Å²) in [6.45, 7) is 4.48. The molecule has 1 fully saturated rings. The van der Waals surface area contributed by atoms with E-state index in [1.165, 1.54) is 0 Å². The SMILES string of the molecule is CC1(CO)COCCCN1. The molecule has 0 spiro atoms. The molecule has 0 aromatic carbocycles. The standard InChI is InChI=1S/C7H15NO2/c1-7(5-9)6-10-4-2-3-8-7/h8-9H,2-6H2,1H3. The second kappa shape index (κ2) is 3.32. The molecule has 0 amide bonds. The molecule has 1 aliphatic rings. The minimum absolute atomic E-state index is 0.146. The average molecular weight is 145 g/mol. The van der Waals surface area contributed by atoms with Gasteiger partial charge in [-0.15, -0.1) is 0 Å². The first-order valence-electron chi connectivity index (χ1n) is 3.70. The van der Waals surface area contributed by atoms with Gasteiger partial charge in [0.05, 0.1) is 18.8 Å². The smallest absolute Gasteiger partial charge is 0.0668 e. The highest BCUT2D eigenvalue weighted by Gasteiger charge is 2.24. The molecule has 1 rings (SSSR count). The third kappa shape index (κ3) is 1.94. The van der Waals surface area contributed by atoms with Gasteiger partial charge in [-0.25, -0.2) is 0 Å². The first kappa shape index (κ1) is 7.98. The molecule has 0 aromatic rings. The molecule has 0 radical (unpaired) electrons. The molecule has 10 heavy (non-hydrogen) atoms. The van der Waals surface area contributed by atoms with Crippen LogP contribution >= 0.6 is 0 Å². The largest absolute Gasteiger partial charge is 0.394 e. The van der Waals surface area contributed by atoms with Crippen molar-refractivity contribution in [2.45, 2.75) is 18.9 Å². The molecule has 1 saturated heterocycles. The molecule has 1 unspecified atom stereocenters. The van der Waals surface area contributed by atoms with Crippen molar-refractivity contribution in [3.05, 3.63) is 0 Å².